The Morgan fingerprint density at radius 2 is 1.85 bits per heavy atom. The summed E-state index contributed by atoms with van der Waals surface area (Å²) in [6.07, 6.45) is 9.71. The number of carbonyl (C=O) groups is 1. The van der Waals surface area contributed by atoms with Gasteiger partial charge in [-0.3, -0.25) is 18.9 Å². The van der Waals surface area contributed by atoms with Gasteiger partial charge in [-0.25, -0.2) is 4.98 Å². The maximum atomic E-state index is 13.5. The van der Waals surface area contributed by atoms with Crippen molar-refractivity contribution in [1.82, 2.24) is 14.3 Å². The van der Waals surface area contributed by atoms with Crippen LogP contribution in [0.25, 0.3) is 11.7 Å². The Hall–Kier alpha value is -2.19. The number of pyridine rings is 1. The predicted octanol–water partition coefficient (Wildman–Crippen LogP) is 5.74. The monoisotopic (exact) mass is 500 g/mol. The lowest BCUT2D eigenvalue weighted by Crippen LogP contribution is -2.33. The van der Waals surface area contributed by atoms with Gasteiger partial charge < -0.3 is 4.90 Å². The van der Waals surface area contributed by atoms with Crippen molar-refractivity contribution in [3.05, 3.63) is 45.2 Å². The zero-order valence-electron chi connectivity index (χ0n) is 20.7. The van der Waals surface area contributed by atoms with E-state index in [2.05, 4.69) is 32.6 Å². The average Bonchev–Trinajstić information content (AvgIpc) is 3.10. The molecular weight excluding hydrogens is 464 g/mol. The Bertz CT molecular complexity index is 1110. The highest BCUT2D eigenvalue weighted by molar-refractivity contribution is 8.26. The molecule has 184 valence electrons. The molecule has 2 aromatic rings. The van der Waals surface area contributed by atoms with E-state index in [-0.39, 0.29) is 11.5 Å². The summed E-state index contributed by atoms with van der Waals surface area (Å²) in [4.78, 5) is 36.1. The van der Waals surface area contributed by atoms with Crippen LogP contribution in [0.3, 0.4) is 0 Å². The molecule has 1 aliphatic rings. The molecular formula is C26H36N4O2S2. The van der Waals surface area contributed by atoms with Crippen molar-refractivity contribution in [3.8, 4) is 0 Å². The third-order valence-corrected chi connectivity index (χ3v) is 7.55. The van der Waals surface area contributed by atoms with Crippen molar-refractivity contribution in [2.24, 2.45) is 5.92 Å². The average molecular weight is 501 g/mol. The van der Waals surface area contributed by atoms with Crippen LogP contribution in [0.2, 0.25) is 0 Å². The SMILES string of the molecule is CCCCC(CC)CN1C(=O)/C(=C/c2c(N(CCC)CCC)nc3ccccn3c2=O)SC1=S. The second-order valence-electron chi connectivity index (χ2n) is 8.78. The van der Waals surface area contributed by atoms with Crippen molar-refractivity contribution >= 4 is 51.7 Å². The number of fused-ring (bicyclic) bond motifs is 1. The molecule has 34 heavy (non-hydrogen) atoms. The van der Waals surface area contributed by atoms with E-state index in [1.54, 1.807) is 21.6 Å². The Morgan fingerprint density at radius 1 is 1.12 bits per heavy atom. The van der Waals surface area contributed by atoms with Gasteiger partial charge in [-0.1, -0.05) is 77.0 Å². The number of anilines is 1. The molecule has 0 aliphatic carbocycles. The molecule has 1 saturated heterocycles. The quantitative estimate of drug-likeness (QED) is 0.274. The summed E-state index contributed by atoms with van der Waals surface area (Å²) in [5, 5.41) is 0. The fourth-order valence-corrected chi connectivity index (χ4v) is 5.54. The van der Waals surface area contributed by atoms with Gasteiger partial charge in [-0.15, -0.1) is 0 Å². The summed E-state index contributed by atoms with van der Waals surface area (Å²) in [5.41, 5.74) is 0.882. The summed E-state index contributed by atoms with van der Waals surface area (Å²) in [5.74, 6) is 0.959. The normalized spacial score (nSPS) is 16.1. The molecule has 1 amide bonds. The maximum absolute atomic E-state index is 13.5. The molecule has 1 fully saturated rings. The Morgan fingerprint density at radius 3 is 2.50 bits per heavy atom. The van der Waals surface area contributed by atoms with Gasteiger partial charge in [0.2, 0.25) is 0 Å². The maximum Gasteiger partial charge on any atom is 0.267 e. The first kappa shape index (κ1) is 26.4. The first-order chi connectivity index (χ1) is 16.4. The van der Waals surface area contributed by atoms with E-state index >= 15 is 0 Å². The molecule has 0 radical (unpaired) electrons. The summed E-state index contributed by atoms with van der Waals surface area (Å²) < 4.78 is 2.12. The van der Waals surface area contributed by atoms with Gasteiger partial charge in [0.05, 0.1) is 10.5 Å². The summed E-state index contributed by atoms with van der Waals surface area (Å²) in [7, 11) is 0. The van der Waals surface area contributed by atoms with Gasteiger partial charge in [0, 0.05) is 25.8 Å². The number of amides is 1. The Kier molecular flexibility index (Phi) is 9.71. The lowest BCUT2D eigenvalue weighted by Gasteiger charge is -2.24. The van der Waals surface area contributed by atoms with Crippen LogP contribution in [0.5, 0.6) is 0 Å². The predicted molar refractivity (Wildman–Crippen MR) is 147 cm³/mol. The fourth-order valence-electron chi connectivity index (χ4n) is 4.29. The largest absolute Gasteiger partial charge is 0.356 e. The highest BCUT2D eigenvalue weighted by Gasteiger charge is 2.34. The van der Waals surface area contributed by atoms with E-state index in [4.69, 9.17) is 17.2 Å². The molecule has 2 aromatic heterocycles. The Balaban J connectivity index is 2.04. The van der Waals surface area contributed by atoms with Gasteiger partial charge in [0.25, 0.3) is 11.5 Å². The number of thioether (sulfide) groups is 1. The van der Waals surface area contributed by atoms with Crippen LogP contribution in [-0.2, 0) is 4.79 Å². The highest BCUT2D eigenvalue weighted by Crippen LogP contribution is 2.34. The van der Waals surface area contributed by atoms with Crippen molar-refractivity contribution in [2.75, 3.05) is 24.5 Å². The molecule has 0 spiro atoms. The number of carbonyl (C=O) groups excluding carboxylic acids is 1. The van der Waals surface area contributed by atoms with E-state index in [1.807, 2.05) is 18.2 Å². The number of unbranched alkanes of at least 4 members (excludes halogenated alkanes) is 1. The molecule has 0 N–H and O–H groups in total. The van der Waals surface area contributed by atoms with Gasteiger partial charge in [-0.05, 0) is 43.4 Å². The molecule has 1 aliphatic heterocycles. The van der Waals surface area contributed by atoms with E-state index < -0.39 is 0 Å². The van der Waals surface area contributed by atoms with E-state index in [9.17, 15) is 9.59 Å². The van der Waals surface area contributed by atoms with E-state index in [0.717, 1.165) is 51.6 Å². The van der Waals surface area contributed by atoms with Crippen LogP contribution < -0.4 is 10.5 Å². The second kappa shape index (κ2) is 12.5. The van der Waals surface area contributed by atoms with Crippen LogP contribution in [-0.4, -0.2) is 44.1 Å². The van der Waals surface area contributed by atoms with Crippen molar-refractivity contribution in [3.63, 3.8) is 0 Å². The lowest BCUT2D eigenvalue weighted by atomic mass is 9.99. The zero-order chi connectivity index (χ0) is 24.7. The molecule has 6 nitrogen and oxygen atoms in total. The number of rotatable bonds is 12. The first-order valence-electron chi connectivity index (χ1n) is 12.5. The van der Waals surface area contributed by atoms with Crippen molar-refractivity contribution in [1.29, 1.82) is 0 Å². The molecule has 3 heterocycles. The standard InChI is InChI=1S/C26H36N4O2S2/c1-5-9-12-19(8-4)18-30-25(32)21(34-26(30)33)17-20-23(28(14-6-2)15-7-3)27-22-13-10-11-16-29(22)24(20)31/h10-11,13,16-17,19H,5-9,12,14-15,18H2,1-4H3/b21-17-. The highest BCUT2D eigenvalue weighted by atomic mass is 32.2. The number of nitrogens with zero attached hydrogens (tertiary/aromatic N) is 4. The minimum atomic E-state index is -0.169. The van der Waals surface area contributed by atoms with Gasteiger partial charge in [0.1, 0.15) is 15.8 Å². The van der Waals surface area contributed by atoms with E-state index in [1.165, 1.54) is 11.8 Å². The molecule has 8 heteroatoms. The number of thiocarbonyl (C=S) groups is 1. The second-order valence-corrected chi connectivity index (χ2v) is 10.5. The molecule has 0 saturated carbocycles. The van der Waals surface area contributed by atoms with E-state index in [0.29, 0.717) is 38.7 Å². The minimum Gasteiger partial charge on any atom is -0.356 e. The van der Waals surface area contributed by atoms with Crippen molar-refractivity contribution < 1.29 is 4.79 Å². The van der Waals surface area contributed by atoms with Crippen LogP contribution in [0, 0.1) is 5.92 Å². The van der Waals surface area contributed by atoms with Crippen LogP contribution in [0.15, 0.2) is 34.1 Å². The molecule has 0 aromatic carbocycles. The lowest BCUT2D eigenvalue weighted by molar-refractivity contribution is -0.122. The van der Waals surface area contributed by atoms with Crippen LogP contribution >= 0.6 is 24.0 Å². The van der Waals surface area contributed by atoms with Gasteiger partial charge in [0.15, 0.2) is 0 Å². The Labute approximate surface area is 212 Å². The first-order valence-corrected chi connectivity index (χ1v) is 13.7. The summed E-state index contributed by atoms with van der Waals surface area (Å²) >= 11 is 6.87. The molecule has 1 atom stereocenters. The van der Waals surface area contributed by atoms with Gasteiger partial charge in [-0.2, -0.15) is 0 Å². The smallest absolute Gasteiger partial charge is 0.267 e. The minimum absolute atomic E-state index is 0.106. The zero-order valence-corrected chi connectivity index (χ0v) is 22.4. The number of aromatic nitrogens is 2. The third kappa shape index (κ3) is 5.89. The fraction of sp³-hybridized carbons (Fsp3) is 0.538. The molecule has 3 rings (SSSR count). The van der Waals surface area contributed by atoms with Crippen LogP contribution in [0.4, 0.5) is 5.82 Å². The summed E-state index contributed by atoms with van der Waals surface area (Å²) in [6.45, 7) is 10.8. The molecule has 0 bridgehead atoms. The topological polar surface area (TPSA) is 57.9 Å². The third-order valence-electron chi connectivity index (χ3n) is 6.17. The van der Waals surface area contributed by atoms with Crippen molar-refractivity contribution in [2.45, 2.75) is 66.2 Å². The number of hydrogen-bond acceptors (Lipinski definition) is 6. The summed E-state index contributed by atoms with van der Waals surface area (Å²) in [6, 6.07) is 5.53. The van der Waals surface area contributed by atoms with Crippen LogP contribution in [0.1, 0.15) is 71.8 Å². The van der Waals surface area contributed by atoms with Gasteiger partial charge >= 0.3 is 0 Å². The molecule has 1 unspecified atom stereocenters. The number of hydrogen-bond donors (Lipinski definition) is 0.